The van der Waals surface area contributed by atoms with Gasteiger partial charge in [0, 0.05) is 12.3 Å². The number of nitrogens with zero attached hydrogens (tertiary/aromatic N) is 3. The third kappa shape index (κ3) is 4.90. The second-order valence-electron chi connectivity index (χ2n) is 7.47. The van der Waals surface area contributed by atoms with Gasteiger partial charge in [0.05, 0.1) is 0 Å². The van der Waals surface area contributed by atoms with Gasteiger partial charge in [0.1, 0.15) is 22.5 Å². The summed E-state index contributed by atoms with van der Waals surface area (Å²) in [7, 11) is 0. The van der Waals surface area contributed by atoms with Crippen molar-refractivity contribution in [3.8, 4) is 11.4 Å². The van der Waals surface area contributed by atoms with Crippen LogP contribution in [0.4, 0.5) is 5.69 Å². The number of hydrogen-bond donors (Lipinski definition) is 2. The minimum Gasteiger partial charge on any atom is -0.481 e. The van der Waals surface area contributed by atoms with Crippen molar-refractivity contribution < 1.29 is 14.6 Å². The predicted molar refractivity (Wildman–Crippen MR) is 120 cm³/mol. The number of amides is 1. The first kappa shape index (κ1) is 20.6. The number of benzene rings is 3. The van der Waals surface area contributed by atoms with Gasteiger partial charge in [-0.1, -0.05) is 24.3 Å². The molecular formula is C24H24N4O3. The van der Waals surface area contributed by atoms with Gasteiger partial charge in [-0.25, -0.2) is 0 Å². The third-order valence-electron chi connectivity index (χ3n) is 4.79. The lowest BCUT2D eigenvalue weighted by molar-refractivity contribution is -0.118. The summed E-state index contributed by atoms with van der Waals surface area (Å²) >= 11 is 0. The molecule has 2 N–H and O–H groups in total. The van der Waals surface area contributed by atoms with Crippen molar-refractivity contribution >= 4 is 22.6 Å². The van der Waals surface area contributed by atoms with Gasteiger partial charge in [0.25, 0.3) is 5.91 Å². The SMILES string of the molecule is Cc1cc(C)cc(NC(=O)COc2ccc(CCO)cc2-n2nc3ccccc3n2)c1. The van der Waals surface area contributed by atoms with Crippen LogP contribution in [0.15, 0.2) is 60.7 Å². The van der Waals surface area contributed by atoms with Gasteiger partial charge in [-0.2, -0.15) is 0 Å². The highest BCUT2D eigenvalue weighted by molar-refractivity contribution is 5.92. The van der Waals surface area contributed by atoms with E-state index in [1.807, 2.05) is 68.4 Å². The quantitative estimate of drug-likeness (QED) is 0.481. The zero-order chi connectivity index (χ0) is 21.8. The molecule has 1 aromatic heterocycles. The lowest BCUT2D eigenvalue weighted by Crippen LogP contribution is -2.21. The number of carbonyl (C=O) groups excluding carboxylic acids is 1. The Kier molecular flexibility index (Phi) is 5.95. The van der Waals surface area contributed by atoms with Crippen molar-refractivity contribution in [3.63, 3.8) is 0 Å². The largest absolute Gasteiger partial charge is 0.481 e. The lowest BCUT2D eigenvalue weighted by atomic mass is 10.1. The molecule has 7 heteroatoms. The number of aromatic nitrogens is 3. The van der Waals surface area contributed by atoms with Crippen molar-refractivity contribution in [1.29, 1.82) is 0 Å². The molecule has 158 valence electrons. The minimum atomic E-state index is -0.256. The number of anilines is 1. The number of rotatable bonds is 7. The molecule has 0 fully saturated rings. The second-order valence-corrected chi connectivity index (χ2v) is 7.47. The molecule has 0 unspecified atom stereocenters. The van der Waals surface area contributed by atoms with Crippen LogP contribution in [0, 0.1) is 13.8 Å². The average molecular weight is 416 g/mol. The zero-order valence-electron chi connectivity index (χ0n) is 17.5. The molecule has 0 radical (unpaired) electrons. The van der Waals surface area contributed by atoms with Crippen LogP contribution in [0.5, 0.6) is 5.75 Å². The summed E-state index contributed by atoms with van der Waals surface area (Å²) in [6.45, 7) is 3.85. The topological polar surface area (TPSA) is 89.3 Å². The molecule has 0 saturated heterocycles. The van der Waals surface area contributed by atoms with E-state index in [-0.39, 0.29) is 19.1 Å². The Hall–Kier alpha value is -3.71. The number of aryl methyl sites for hydroxylation is 2. The smallest absolute Gasteiger partial charge is 0.262 e. The number of hydrogen-bond acceptors (Lipinski definition) is 5. The summed E-state index contributed by atoms with van der Waals surface area (Å²) in [4.78, 5) is 14.0. The van der Waals surface area contributed by atoms with Crippen LogP contribution >= 0.6 is 0 Å². The summed E-state index contributed by atoms with van der Waals surface area (Å²) in [6, 6.07) is 19.0. The molecule has 4 rings (SSSR count). The Balaban J connectivity index is 1.56. The highest BCUT2D eigenvalue weighted by atomic mass is 16.5. The van der Waals surface area contributed by atoms with Crippen molar-refractivity contribution in [2.75, 3.05) is 18.5 Å². The van der Waals surface area contributed by atoms with Crippen molar-refractivity contribution in [2.45, 2.75) is 20.3 Å². The molecule has 3 aromatic carbocycles. The van der Waals surface area contributed by atoms with Crippen LogP contribution < -0.4 is 10.1 Å². The number of aliphatic hydroxyl groups excluding tert-OH is 1. The highest BCUT2D eigenvalue weighted by Crippen LogP contribution is 2.25. The summed E-state index contributed by atoms with van der Waals surface area (Å²) in [5, 5.41) is 21.2. The number of aliphatic hydroxyl groups is 1. The summed E-state index contributed by atoms with van der Waals surface area (Å²) < 4.78 is 5.84. The van der Waals surface area contributed by atoms with Crippen LogP contribution in [0.25, 0.3) is 16.7 Å². The molecule has 1 heterocycles. The molecule has 0 atom stereocenters. The second kappa shape index (κ2) is 8.97. The Morgan fingerprint density at radius 2 is 1.68 bits per heavy atom. The third-order valence-corrected chi connectivity index (χ3v) is 4.79. The van der Waals surface area contributed by atoms with Crippen LogP contribution in [0.3, 0.4) is 0 Å². The molecule has 31 heavy (non-hydrogen) atoms. The van der Waals surface area contributed by atoms with E-state index in [2.05, 4.69) is 15.5 Å². The standard InChI is InChI=1S/C24H24N4O3/c1-16-11-17(2)13-19(12-16)25-24(30)15-31-23-8-7-18(9-10-29)14-22(23)28-26-20-5-3-4-6-21(20)27-28/h3-8,11-14,29H,9-10,15H2,1-2H3,(H,25,30). The van der Waals surface area contributed by atoms with Crippen molar-refractivity contribution in [3.05, 3.63) is 77.4 Å². The molecule has 0 bridgehead atoms. The maximum absolute atomic E-state index is 12.5. The monoisotopic (exact) mass is 416 g/mol. The number of fused-ring (bicyclic) bond motifs is 1. The molecule has 4 aromatic rings. The van der Waals surface area contributed by atoms with Crippen molar-refractivity contribution in [2.24, 2.45) is 0 Å². The first-order chi connectivity index (χ1) is 15.0. The van der Waals surface area contributed by atoms with Gasteiger partial charge in [0.15, 0.2) is 6.61 Å². The predicted octanol–water partition coefficient (Wildman–Crippen LogP) is 3.59. The van der Waals surface area contributed by atoms with E-state index < -0.39 is 0 Å². The van der Waals surface area contributed by atoms with E-state index in [9.17, 15) is 9.90 Å². The first-order valence-electron chi connectivity index (χ1n) is 10.1. The zero-order valence-corrected chi connectivity index (χ0v) is 17.5. The van der Waals surface area contributed by atoms with Crippen LogP contribution in [-0.2, 0) is 11.2 Å². The highest BCUT2D eigenvalue weighted by Gasteiger charge is 2.13. The first-order valence-corrected chi connectivity index (χ1v) is 10.1. The van der Waals surface area contributed by atoms with E-state index in [4.69, 9.17) is 4.74 Å². The van der Waals surface area contributed by atoms with Crippen LogP contribution in [-0.4, -0.2) is 39.2 Å². The number of nitrogens with one attached hydrogen (secondary N) is 1. The van der Waals surface area contributed by atoms with Crippen molar-refractivity contribution in [1.82, 2.24) is 15.0 Å². The Morgan fingerprint density at radius 1 is 1.00 bits per heavy atom. The number of ether oxygens (including phenoxy) is 1. The molecule has 0 spiro atoms. The molecule has 7 nitrogen and oxygen atoms in total. The van der Waals surface area contributed by atoms with Gasteiger partial charge in [-0.05, 0) is 73.4 Å². The van der Waals surface area contributed by atoms with E-state index in [1.54, 1.807) is 6.07 Å². The van der Waals surface area contributed by atoms with Crippen LogP contribution in [0.2, 0.25) is 0 Å². The van der Waals surface area contributed by atoms with Gasteiger partial charge >= 0.3 is 0 Å². The molecule has 0 aliphatic carbocycles. The summed E-state index contributed by atoms with van der Waals surface area (Å²) in [5.41, 5.74) is 5.95. The lowest BCUT2D eigenvalue weighted by Gasteiger charge is -2.13. The maximum atomic E-state index is 12.5. The molecule has 0 saturated carbocycles. The minimum absolute atomic E-state index is 0.0342. The van der Waals surface area contributed by atoms with Gasteiger partial charge in [0.2, 0.25) is 0 Å². The summed E-state index contributed by atoms with van der Waals surface area (Å²) in [5.74, 6) is 0.228. The Labute approximate surface area is 180 Å². The Bertz CT molecular complexity index is 1180. The summed E-state index contributed by atoms with van der Waals surface area (Å²) in [6.07, 6.45) is 0.501. The molecule has 0 aliphatic heterocycles. The average Bonchev–Trinajstić information content (AvgIpc) is 3.16. The van der Waals surface area contributed by atoms with E-state index >= 15 is 0 Å². The Morgan fingerprint density at radius 3 is 2.32 bits per heavy atom. The van der Waals surface area contributed by atoms with Gasteiger partial charge in [-0.3, -0.25) is 4.79 Å². The normalized spacial score (nSPS) is 10.9. The molecule has 0 aliphatic rings. The maximum Gasteiger partial charge on any atom is 0.262 e. The number of carbonyl (C=O) groups is 1. The fraction of sp³-hybridized carbons (Fsp3) is 0.208. The van der Waals surface area contributed by atoms with Crippen LogP contribution in [0.1, 0.15) is 16.7 Å². The van der Waals surface area contributed by atoms with E-state index in [0.717, 1.165) is 33.4 Å². The van der Waals surface area contributed by atoms with E-state index in [1.165, 1.54) is 4.80 Å². The fourth-order valence-corrected chi connectivity index (χ4v) is 3.48. The van der Waals surface area contributed by atoms with Gasteiger partial charge in [-0.15, -0.1) is 15.0 Å². The fourth-order valence-electron chi connectivity index (χ4n) is 3.48. The molecule has 1 amide bonds. The van der Waals surface area contributed by atoms with E-state index in [0.29, 0.717) is 17.9 Å². The van der Waals surface area contributed by atoms with Gasteiger partial charge < -0.3 is 15.2 Å². The molecular weight excluding hydrogens is 392 g/mol.